The number of fused-ring (bicyclic) bond motifs is 1. The number of carbonyl (C=O) groups excluding carboxylic acids is 2. The van der Waals surface area contributed by atoms with E-state index >= 15 is 0 Å². The van der Waals surface area contributed by atoms with Crippen LogP contribution in [0.15, 0.2) is 48.7 Å². The Kier molecular flexibility index (Phi) is 8.88. The predicted octanol–water partition coefficient (Wildman–Crippen LogP) is 5.60. The summed E-state index contributed by atoms with van der Waals surface area (Å²) in [6.07, 6.45) is 2.95. The maximum atomic E-state index is 13.8. The summed E-state index contributed by atoms with van der Waals surface area (Å²) in [5.41, 5.74) is 0.0234. The van der Waals surface area contributed by atoms with Gasteiger partial charge in [-0.25, -0.2) is 27.7 Å². The number of amides is 3. The number of aromatic nitrogens is 1. The van der Waals surface area contributed by atoms with Crippen LogP contribution < -0.4 is 10.6 Å². The number of hydrogen-bond donors (Lipinski definition) is 2. The van der Waals surface area contributed by atoms with E-state index in [0.29, 0.717) is 11.8 Å². The molecule has 35 heavy (non-hydrogen) atoms. The van der Waals surface area contributed by atoms with Crippen LogP contribution in [0.3, 0.4) is 0 Å². The number of carbonyl (C=O) groups is 2. The monoisotopic (exact) mass is 488 g/mol. The van der Waals surface area contributed by atoms with Crippen molar-refractivity contribution in [3.63, 3.8) is 0 Å². The highest BCUT2D eigenvalue weighted by Gasteiger charge is 2.22. The zero-order valence-electron chi connectivity index (χ0n) is 19.5. The zero-order chi connectivity index (χ0) is 25.4. The number of unbranched alkanes of at least 4 members (excludes halogenated alkanes) is 1. The minimum absolute atomic E-state index is 0.0234. The first-order valence-corrected chi connectivity index (χ1v) is 11.2. The Balaban J connectivity index is 1.57. The van der Waals surface area contributed by atoms with Crippen molar-refractivity contribution < 1.29 is 27.5 Å². The Morgan fingerprint density at radius 3 is 2.69 bits per heavy atom. The van der Waals surface area contributed by atoms with Crippen LogP contribution >= 0.6 is 0 Å². The fourth-order valence-corrected chi connectivity index (χ4v) is 3.47. The number of hydrogen-bond acceptors (Lipinski definition) is 4. The molecule has 0 saturated carbocycles. The molecule has 7 nitrogen and oxygen atoms in total. The number of pyridine rings is 1. The fourth-order valence-electron chi connectivity index (χ4n) is 3.47. The van der Waals surface area contributed by atoms with Crippen LogP contribution in [-0.4, -0.2) is 41.7 Å². The van der Waals surface area contributed by atoms with Crippen LogP contribution in [0.5, 0.6) is 0 Å². The third-order valence-electron chi connectivity index (χ3n) is 5.54. The van der Waals surface area contributed by atoms with E-state index in [1.807, 2.05) is 6.92 Å². The Morgan fingerprint density at radius 2 is 1.91 bits per heavy atom. The first-order chi connectivity index (χ1) is 16.8. The van der Waals surface area contributed by atoms with Crippen molar-refractivity contribution in [2.75, 3.05) is 19.0 Å². The van der Waals surface area contributed by atoms with Crippen LogP contribution in [0, 0.1) is 17.5 Å². The van der Waals surface area contributed by atoms with E-state index in [9.17, 15) is 22.8 Å². The molecule has 0 unspecified atom stereocenters. The number of rotatable bonds is 9. The number of ether oxygens (including phenoxy) is 1. The summed E-state index contributed by atoms with van der Waals surface area (Å²) in [5.74, 6) is -2.21. The lowest BCUT2D eigenvalue weighted by molar-refractivity contribution is 0.113. The molecule has 0 radical (unpaired) electrons. The van der Waals surface area contributed by atoms with Crippen LogP contribution in [0.25, 0.3) is 10.8 Å². The predicted molar refractivity (Wildman–Crippen MR) is 126 cm³/mol. The van der Waals surface area contributed by atoms with E-state index in [2.05, 4.69) is 15.6 Å². The van der Waals surface area contributed by atoms with Gasteiger partial charge in [0.1, 0.15) is 18.2 Å². The second-order valence-corrected chi connectivity index (χ2v) is 8.06. The number of anilines is 1. The third kappa shape index (κ3) is 7.08. The summed E-state index contributed by atoms with van der Waals surface area (Å²) in [4.78, 5) is 30.4. The lowest BCUT2D eigenvalue weighted by atomic mass is 10.1. The fraction of sp³-hybridized carbons (Fsp3) is 0.320. The molecule has 0 spiro atoms. The maximum absolute atomic E-state index is 13.8. The van der Waals surface area contributed by atoms with E-state index in [-0.39, 0.29) is 24.5 Å². The molecular weight excluding hydrogens is 461 g/mol. The molecule has 1 heterocycles. The van der Waals surface area contributed by atoms with E-state index in [1.165, 1.54) is 48.5 Å². The summed E-state index contributed by atoms with van der Waals surface area (Å²) in [7, 11) is 1.54. The van der Waals surface area contributed by atoms with Crippen LogP contribution in [0.2, 0.25) is 0 Å². The van der Waals surface area contributed by atoms with Gasteiger partial charge in [0, 0.05) is 30.7 Å². The molecule has 0 saturated heterocycles. The van der Waals surface area contributed by atoms with Gasteiger partial charge in [0.15, 0.2) is 11.6 Å². The molecule has 0 bridgehead atoms. The van der Waals surface area contributed by atoms with Gasteiger partial charge in [-0.3, -0.25) is 5.32 Å². The molecule has 1 aromatic heterocycles. The zero-order valence-corrected chi connectivity index (χ0v) is 19.5. The molecule has 10 heteroatoms. The SMILES string of the molecule is CCCC[C@@H](COC(=O)Nc1cc2cc(F)ccc2cn1)N(C)C(=O)NCc1cccc(F)c1F. The van der Waals surface area contributed by atoms with Gasteiger partial charge in [-0.05, 0) is 42.1 Å². The number of urea groups is 1. The standard InChI is InChI=1S/C25H27F3N4O3/c1-3-4-7-20(32(2)24(33)30-14-17-6-5-8-21(27)23(17)28)15-35-25(34)31-22-12-18-11-19(26)10-9-16(18)13-29-22/h5-6,8-13,20H,3-4,7,14-15H2,1-2H3,(H,30,33)(H,29,31,34)/t20-/m0/s1. The topological polar surface area (TPSA) is 83.6 Å². The van der Waals surface area contributed by atoms with Gasteiger partial charge < -0.3 is 15.0 Å². The lowest BCUT2D eigenvalue weighted by Gasteiger charge is -2.28. The van der Waals surface area contributed by atoms with Gasteiger partial charge in [0.05, 0.1) is 6.04 Å². The second kappa shape index (κ2) is 12.0. The quantitative estimate of drug-likeness (QED) is 0.411. The average molecular weight is 489 g/mol. The van der Waals surface area contributed by atoms with Crippen molar-refractivity contribution in [1.29, 1.82) is 0 Å². The summed E-state index contributed by atoms with van der Waals surface area (Å²) in [5, 5.41) is 6.35. The summed E-state index contributed by atoms with van der Waals surface area (Å²) < 4.78 is 46.0. The van der Waals surface area contributed by atoms with Gasteiger partial charge >= 0.3 is 12.1 Å². The molecule has 3 rings (SSSR count). The molecule has 0 aliphatic rings. The van der Waals surface area contributed by atoms with Gasteiger partial charge in [0.25, 0.3) is 0 Å². The van der Waals surface area contributed by atoms with Crippen molar-refractivity contribution in [3.8, 4) is 0 Å². The third-order valence-corrected chi connectivity index (χ3v) is 5.54. The largest absolute Gasteiger partial charge is 0.447 e. The molecule has 2 N–H and O–H groups in total. The second-order valence-electron chi connectivity index (χ2n) is 8.06. The Morgan fingerprint density at radius 1 is 1.11 bits per heavy atom. The Bertz CT molecular complexity index is 1190. The van der Waals surface area contributed by atoms with Gasteiger partial charge in [-0.15, -0.1) is 0 Å². The van der Waals surface area contributed by atoms with Gasteiger partial charge in [-0.1, -0.05) is 31.9 Å². The molecule has 0 aliphatic heterocycles. The van der Waals surface area contributed by atoms with Crippen molar-refractivity contribution in [2.24, 2.45) is 0 Å². The van der Waals surface area contributed by atoms with Gasteiger partial charge in [0.2, 0.25) is 0 Å². The molecule has 3 amide bonds. The van der Waals surface area contributed by atoms with Crippen LogP contribution in [0.1, 0.15) is 31.7 Å². The lowest BCUT2D eigenvalue weighted by Crippen LogP contribution is -2.46. The maximum Gasteiger partial charge on any atom is 0.412 e. The highest BCUT2D eigenvalue weighted by atomic mass is 19.2. The molecule has 3 aromatic rings. The van der Waals surface area contributed by atoms with Crippen LogP contribution in [0.4, 0.5) is 28.6 Å². The van der Waals surface area contributed by atoms with Gasteiger partial charge in [-0.2, -0.15) is 0 Å². The van der Waals surface area contributed by atoms with Crippen molar-refractivity contribution in [2.45, 2.75) is 38.8 Å². The van der Waals surface area contributed by atoms with Crippen molar-refractivity contribution in [3.05, 3.63) is 71.7 Å². The molecule has 0 aliphatic carbocycles. The summed E-state index contributed by atoms with van der Waals surface area (Å²) >= 11 is 0. The highest BCUT2D eigenvalue weighted by Crippen LogP contribution is 2.18. The minimum Gasteiger partial charge on any atom is -0.447 e. The van der Waals surface area contributed by atoms with Crippen LogP contribution in [-0.2, 0) is 11.3 Å². The average Bonchev–Trinajstić information content (AvgIpc) is 2.84. The first kappa shape index (κ1) is 25.8. The van der Waals surface area contributed by atoms with E-state index in [0.717, 1.165) is 24.3 Å². The molecule has 186 valence electrons. The first-order valence-electron chi connectivity index (χ1n) is 11.2. The number of nitrogens with zero attached hydrogens (tertiary/aromatic N) is 2. The molecule has 1 atom stereocenters. The highest BCUT2D eigenvalue weighted by molar-refractivity contribution is 5.89. The van der Waals surface area contributed by atoms with E-state index in [1.54, 1.807) is 6.07 Å². The normalized spacial score (nSPS) is 11.7. The Labute approximate surface area is 201 Å². The van der Waals surface area contributed by atoms with E-state index < -0.39 is 35.6 Å². The Hall–Kier alpha value is -3.82. The van der Waals surface area contributed by atoms with E-state index in [4.69, 9.17) is 4.74 Å². The minimum atomic E-state index is -1.01. The number of halogens is 3. The number of benzene rings is 2. The smallest absolute Gasteiger partial charge is 0.412 e. The molecular formula is C25H27F3N4O3. The number of nitrogens with one attached hydrogen (secondary N) is 2. The molecule has 0 fully saturated rings. The molecule has 2 aromatic carbocycles. The summed E-state index contributed by atoms with van der Waals surface area (Å²) in [6.45, 7) is 1.71. The van der Waals surface area contributed by atoms with Crippen molar-refractivity contribution >= 4 is 28.7 Å². The summed E-state index contributed by atoms with van der Waals surface area (Å²) in [6, 6.07) is 8.55. The number of likely N-dealkylation sites (N-methyl/N-ethyl adjacent to an activating group) is 1. The van der Waals surface area contributed by atoms with Crippen molar-refractivity contribution in [1.82, 2.24) is 15.2 Å².